The molecule has 2 aromatic rings. The summed E-state index contributed by atoms with van der Waals surface area (Å²) in [5.41, 5.74) is 1.65. The molecule has 3 rings (SSSR count). The highest BCUT2D eigenvalue weighted by Crippen LogP contribution is 2.31. The Hall–Kier alpha value is -2.23. The third kappa shape index (κ3) is 5.83. The summed E-state index contributed by atoms with van der Waals surface area (Å²) in [6.07, 6.45) is 4.34. The van der Waals surface area contributed by atoms with Gasteiger partial charge in [0, 0.05) is 25.7 Å². The number of aromatic amines is 1. The quantitative estimate of drug-likeness (QED) is 0.536. The fraction of sp³-hybridized carbons (Fsp3) is 0.583. The van der Waals surface area contributed by atoms with Crippen molar-refractivity contribution in [3.8, 4) is 17.1 Å². The van der Waals surface area contributed by atoms with Crippen LogP contribution in [-0.2, 0) is 22.9 Å². The molecule has 1 fully saturated rings. The maximum atomic E-state index is 13.3. The third-order valence-electron chi connectivity index (χ3n) is 6.10. The molecule has 8 nitrogen and oxygen atoms in total. The average Bonchev–Trinajstić information content (AvgIpc) is 3.34. The lowest BCUT2D eigenvalue weighted by Crippen LogP contribution is -2.35. The Morgan fingerprint density at radius 2 is 1.88 bits per heavy atom. The second kappa shape index (κ2) is 11.3. The number of hydrogen-bond acceptors (Lipinski definition) is 6. The lowest BCUT2D eigenvalue weighted by Gasteiger charge is -2.22. The van der Waals surface area contributed by atoms with E-state index in [1.165, 1.54) is 17.1 Å². The molecule has 0 saturated carbocycles. The molecule has 0 radical (unpaired) electrons. The van der Waals surface area contributed by atoms with Crippen LogP contribution in [0.3, 0.4) is 0 Å². The molecule has 1 N–H and O–H groups in total. The van der Waals surface area contributed by atoms with Crippen LogP contribution in [0.4, 0.5) is 0 Å². The van der Waals surface area contributed by atoms with Gasteiger partial charge in [0.2, 0.25) is 10.0 Å². The number of aromatic nitrogens is 2. The standard InChI is InChI=1S/C24H36N4O4S/c1-5-16-32-22-11-10-18(33(30,31)27(4)14-15-28-12-8-9-13-28)17-20(22)23-25-21(7-3)19(6-2)24(29)26-23/h10-11,17H,5-9,12-16H2,1-4H3,(H,25,26,29). The van der Waals surface area contributed by atoms with Crippen LogP contribution < -0.4 is 10.3 Å². The fourth-order valence-electron chi connectivity index (χ4n) is 4.11. The van der Waals surface area contributed by atoms with Gasteiger partial charge in [0.05, 0.1) is 22.8 Å². The Balaban J connectivity index is 1.99. The predicted molar refractivity (Wildman–Crippen MR) is 130 cm³/mol. The number of aryl methyl sites for hydroxylation is 1. The smallest absolute Gasteiger partial charge is 0.254 e. The second-order valence-electron chi connectivity index (χ2n) is 8.43. The summed E-state index contributed by atoms with van der Waals surface area (Å²) in [6, 6.07) is 4.79. The van der Waals surface area contributed by atoms with Gasteiger partial charge in [-0.15, -0.1) is 0 Å². The monoisotopic (exact) mass is 476 g/mol. The van der Waals surface area contributed by atoms with Crippen LogP contribution in [0.15, 0.2) is 27.9 Å². The van der Waals surface area contributed by atoms with Crippen molar-refractivity contribution in [3.63, 3.8) is 0 Å². The van der Waals surface area contributed by atoms with Gasteiger partial charge < -0.3 is 14.6 Å². The SMILES string of the molecule is CCCOc1ccc(S(=O)(=O)N(C)CCN2CCCC2)cc1-c1nc(CC)c(CC)c(=O)[nH]1. The summed E-state index contributed by atoms with van der Waals surface area (Å²) in [6.45, 7) is 9.54. The first-order valence-electron chi connectivity index (χ1n) is 11.9. The van der Waals surface area contributed by atoms with Gasteiger partial charge in [-0.25, -0.2) is 13.4 Å². The van der Waals surface area contributed by atoms with Crippen LogP contribution in [0.2, 0.25) is 0 Å². The number of benzene rings is 1. The van der Waals surface area contributed by atoms with Gasteiger partial charge in [-0.3, -0.25) is 4.79 Å². The number of H-pyrrole nitrogens is 1. The summed E-state index contributed by atoms with van der Waals surface area (Å²) >= 11 is 0. The van der Waals surface area contributed by atoms with Crippen molar-refractivity contribution in [2.75, 3.05) is 39.8 Å². The van der Waals surface area contributed by atoms with Crippen LogP contribution in [0.1, 0.15) is 51.3 Å². The number of likely N-dealkylation sites (N-methyl/N-ethyl adjacent to an activating group) is 1. The van der Waals surface area contributed by atoms with Gasteiger partial charge in [0.25, 0.3) is 5.56 Å². The van der Waals surface area contributed by atoms with E-state index in [2.05, 4.69) is 14.9 Å². The van der Waals surface area contributed by atoms with Gasteiger partial charge in [0.15, 0.2) is 0 Å². The zero-order valence-corrected chi connectivity index (χ0v) is 21.0. The topological polar surface area (TPSA) is 95.6 Å². The van der Waals surface area contributed by atoms with Crippen LogP contribution >= 0.6 is 0 Å². The number of nitrogens with one attached hydrogen (secondary N) is 1. The normalized spacial score (nSPS) is 14.8. The zero-order chi connectivity index (χ0) is 24.0. The molecule has 0 unspecified atom stereocenters. The summed E-state index contributed by atoms with van der Waals surface area (Å²) in [5.74, 6) is 0.835. The van der Waals surface area contributed by atoms with E-state index >= 15 is 0 Å². The van der Waals surface area contributed by atoms with Crippen molar-refractivity contribution in [3.05, 3.63) is 39.8 Å². The maximum absolute atomic E-state index is 13.3. The van der Waals surface area contributed by atoms with Crippen LogP contribution in [0.5, 0.6) is 5.75 Å². The minimum Gasteiger partial charge on any atom is -0.493 e. The average molecular weight is 477 g/mol. The van der Waals surface area contributed by atoms with Crippen molar-refractivity contribution in [2.45, 2.75) is 57.8 Å². The first kappa shape index (κ1) is 25.4. The van der Waals surface area contributed by atoms with Crippen LogP contribution in [0, 0.1) is 0 Å². The summed E-state index contributed by atoms with van der Waals surface area (Å²) in [7, 11) is -2.10. The highest BCUT2D eigenvalue weighted by molar-refractivity contribution is 7.89. The molecule has 0 aliphatic carbocycles. The van der Waals surface area contributed by atoms with Crippen molar-refractivity contribution in [1.29, 1.82) is 0 Å². The molecule has 0 atom stereocenters. The molecule has 182 valence electrons. The fourth-order valence-corrected chi connectivity index (χ4v) is 5.30. The van der Waals surface area contributed by atoms with E-state index in [1.54, 1.807) is 25.2 Å². The van der Waals surface area contributed by atoms with E-state index in [0.29, 0.717) is 60.9 Å². The lowest BCUT2D eigenvalue weighted by molar-refractivity contribution is 0.310. The number of hydrogen-bond donors (Lipinski definition) is 1. The van der Waals surface area contributed by atoms with E-state index in [1.807, 2.05) is 20.8 Å². The Bertz CT molecular complexity index is 1110. The van der Waals surface area contributed by atoms with E-state index < -0.39 is 10.0 Å². The molecule has 1 aromatic heterocycles. The lowest BCUT2D eigenvalue weighted by atomic mass is 10.1. The molecule has 1 aromatic carbocycles. The predicted octanol–water partition coefficient (Wildman–Crippen LogP) is 3.07. The number of ether oxygens (including phenoxy) is 1. The molecule has 0 bridgehead atoms. The molecule has 1 saturated heterocycles. The van der Waals surface area contributed by atoms with Gasteiger partial charge in [-0.05, 0) is 63.4 Å². The van der Waals surface area contributed by atoms with E-state index in [4.69, 9.17) is 4.74 Å². The maximum Gasteiger partial charge on any atom is 0.254 e. The first-order valence-corrected chi connectivity index (χ1v) is 13.3. The van der Waals surface area contributed by atoms with E-state index in [-0.39, 0.29) is 10.5 Å². The van der Waals surface area contributed by atoms with Crippen molar-refractivity contribution in [2.24, 2.45) is 0 Å². The summed E-state index contributed by atoms with van der Waals surface area (Å²) in [4.78, 5) is 22.6. The van der Waals surface area contributed by atoms with Crippen LogP contribution in [-0.4, -0.2) is 67.4 Å². The zero-order valence-electron chi connectivity index (χ0n) is 20.2. The van der Waals surface area contributed by atoms with Crippen molar-refractivity contribution in [1.82, 2.24) is 19.2 Å². The minimum atomic E-state index is -3.71. The molecular formula is C24H36N4O4S. The highest BCUT2D eigenvalue weighted by atomic mass is 32.2. The molecule has 9 heteroatoms. The van der Waals surface area contributed by atoms with E-state index in [9.17, 15) is 13.2 Å². The molecular weight excluding hydrogens is 440 g/mol. The largest absolute Gasteiger partial charge is 0.493 e. The second-order valence-corrected chi connectivity index (χ2v) is 10.5. The Kier molecular flexibility index (Phi) is 8.67. The Labute approximate surface area is 197 Å². The number of rotatable bonds is 11. The minimum absolute atomic E-state index is 0.158. The summed E-state index contributed by atoms with van der Waals surface area (Å²) < 4.78 is 33.9. The van der Waals surface area contributed by atoms with Gasteiger partial charge in [-0.1, -0.05) is 20.8 Å². The van der Waals surface area contributed by atoms with E-state index in [0.717, 1.165) is 19.5 Å². The Morgan fingerprint density at radius 1 is 1.15 bits per heavy atom. The molecule has 1 aliphatic heterocycles. The molecule has 0 amide bonds. The molecule has 33 heavy (non-hydrogen) atoms. The van der Waals surface area contributed by atoms with Crippen LogP contribution in [0.25, 0.3) is 11.4 Å². The first-order chi connectivity index (χ1) is 15.8. The Morgan fingerprint density at radius 3 is 2.52 bits per heavy atom. The van der Waals surface area contributed by atoms with Gasteiger partial charge in [0.1, 0.15) is 11.6 Å². The molecule has 1 aliphatic rings. The third-order valence-corrected chi connectivity index (χ3v) is 7.95. The van der Waals surface area contributed by atoms with Gasteiger partial charge >= 0.3 is 0 Å². The van der Waals surface area contributed by atoms with Crippen molar-refractivity contribution < 1.29 is 13.2 Å². The molecule has 0 spiro atoms. The van der Waals surface area contributed by atoms with Crippen molar-refractivity contribution >= 4 is 10.0 Å². The number of sulfonamides is 1. The summed E-state index contributed by atoms with van der Waals surface area (Å²) in [5, 5.41) is 0. The number of nitrogens with zero attached hydrogens (tertiary/aromatic N) is 3. The van der Waals surface area contributed by atoms with Gasteiger partial charge in [-0.2, -0.15) is 4.31 Å². The molecule has 2 heterocycles. The number of likely N-dealkylation sites (tertiary alicyclic amines) is 1. The highest BCUT2D eigenvalue weighted by Gasteiger charge is 2.24.